The number of pyridine rings is 1. The Labute approximate surface area is 166 Å². The van der Waals surface area contributed by atoms with Crippen molar-refractivity contribution in [1.29, 1.82) is 0 Å². The summed E-state index contributed by atoms with van der Waals surface area (Å²) in [7, 11) is 0. The predicted octanol–water partition coefficient (Wildman–Crippen LogP) is 4.55. The van der Waals surface area contributed by atoms with E-state index in [0.717, 1.165) is 12.3 Å². The third-order valence-electron chi connectivity index (χ3n) is 4.77. The van der Waals surface area contributed by atoms with Crippen LogP contribution in [0.25, 0.3) is 5.65 Å². The number of halogens is 3. The number of carbonyl (C=O) groups excluding carboxylic acids is 1. The summed E-state index contributed by atoms with van der Waals surface area (Å²) in [4.78, 5) is 19.2. The quantitative estimate of drug-likeness (QED) is 0.655. The number of benzene rings is 1. The number of hydrogen-bond donors (Lipinski definition) is 1. The highest BCUT2D eigenvalue weighted by Gasteiger charge is 2.35. The number of aromatic nitrogens is 2. The number of amides is 1. The molecular formula is C21H22F3N3O2. The van der Waals surface area contributed by atoms with E-state index in [1.165, 1.54) is 21.6 Å². The van der Waals surface area contributed by atoms with Crippen molar-refractivity contribution in [2.45, 2.75) is 38.4 Å². The van der Waals surface area contributed by atoms with E-state index < -0.39 is 17.3 Å². The van der Waals surface area contributed by atoms with Crippen molar-refractivity contribution in [1.82, 2.24) is 9.38 Å². The van der Waals surface area contributed by atoms with Crippen LogP contribution < -0.4 is 4.90 Å². The molecule has 0 saturated heterocycles. The molecule has 1 N–H and O–H groups in total. The second-order valence-corrected chi connectivity index (χ2v) is 7.43. The van der Waals surface area contributed by atoms with Gasteiger partial charge in [0.15, 0.2) is 5.82 Å². The number of aliphatic hydroxyl groups excluding tert-OH is 1. The van der Waals surface area contributed by atoms with Crippen molar-refractivity contribution in [3.8, 4) is 0 Å². The molecule has 0 aliphatic carbocycles. The van der Waals surface area contributed by atoms with Gasteiger partial charge >= 0.3 is 6.18 Å². The zero-order valence-electron chi connectivity index (χ0n) is 16.1. The Morgan fingerprint density at radius 2 is 1.79 bits per heavy atom. The zero-order chi connectivity index (χ0) is 21.2. The fourth-order valence-corrected chi connectivity index (χ4v) is 3.28. The van der Waals surface area contributed by atoms with Gasteiger partial charge in [-0.15, -0.1) is 0 Å². The van der Waals surface area contributed by atoms with Gasteiger partial charge in [0, 0.05) is 23.9 Å². The highest BCUT2D eigenvalue weighted by Crippen LogP contribution is 2.32. The van der Waals surface area contributed by atoms with E-state index in [1.54, 1.807) is 30.3 Å². The Morgan fingerprint density at radius 1 is 1.10 bits per heavy atom. The zero-order valence-corrected chi connectivity index (χ0v) is 16.1. The largest absolute Gasteiger partial charge is 0.417 e. The van der Waals surface area contributed by atoms with E-state index in [2.05, 4.69) is 4.98 Å². The molecule has 3 rings (SSSR count). The lowest BCUT2D eigenvalue weighted by Crippen LogP contribution is -2.48. The average molecular weight is 405 g/mol. The highest BCUT2D eigenvalue weighted by atomic mass is 19.4. The number of fused-ring (bicyclic) bond motifs is 1. The predicted molar refractivity (Wildman–Crippen MR) is 104 cm³/mol. The van der Waals surface area contributed by atoms with Crippen LogP contribution in [0.3, 0.4) is 0 Å². The molecule has 1 aromatic carbocycles. The van der Waals surface area contributed by atoms with Gasteiger partial charge in [0.2, 0.25) is 0 Å². The summed E-state index contributed by atoms with van der Waals surface area (Å²) in [5, 5.41) is 9.23. The molecule has 2 heterocycles. The van der Waals surface area contributed by atoms with Crippen molar-refractivity contribution in [2.24, 2.45) is 0 Å². The number of nitrogens with zero attached hydrogens (tertiary/aromatic N) is 3. The monoisotopic (exact) mass is 405 g/mol. The van der Waals surface area contributed by atoms with Crippen molar-refractivity contribution < 1.29 is 23.1 Å². The van der Waals surface area contributed by atoms with Crippen LogP contribution in [-0.4, -0.2) is 32.5 Å². The van der Waals surface area contributed by atoms with Crippen molar-refractivity contribution in [3.63, 3.8) is 0 Å². The second kappa shape index (κ2) is 7.87. The average Bonchev–Trinajstić information content (AvgIpc) is 3.08. The molecule has 5 nitrogen and oxygen atoms in total. The van der Waals surface area contributed by atoms with Crippen molar-refractivity contribution >= 4 is 17.4 Å². The summed E-state index contributed by atoms with van der Waals surface area (Å²) in [6.07, 6.45) is -1.14. The van der Waals surface area contributed by atoms with Crippen molar-refractivity contribution in [2.75, 3.05) is 11.5 Å². The molecule has 0 saturated carbocycles. The van der Waals surface area contributed by atoms with Crippen LogP contribution in [0.4, 0.5) is 19.0 Å². The van der Waals surface area contributed by atoms with Gasteiger partial charge in [-0.1, -0.05) is 18.2 Å². The van der Waals surface area contributed by atoms with Gasteiger partial charge in [0.25, 0.3) is 5.91 Å². The van der Waals surface area contributed by atoms with Crippen LogP contribution >= 0.6 is 0 Å². The lowest BCUT2D eigenvalue weighted by molar-refractivity contribution is -0.137. The number of rotatable bonds is 6. The lowest BCUT2D eigenvalue weighted by atomic mass is 9.95. The second-order valence-electron chi connectivity index (χ2n) is 7.43. The molecule has 0 unspecified atom stereocenters. The van der Waals surface area contributed by atoms with E-state index in [4.69, 9.17) is 0 Å². The van der Waals surface area contributed by atoms with E-state index in [0.29, 0.717) is 24.1 Å². The molecule has 1 amide bonds. The summed E-state index contributed by atoms with van der Waals surface area (Å²) in [5.74, 6) is -0.0610. The molecule has 0 spiro atoms. The van der Waals surface area contributed by atoms with Gasteiger partial charge in [0.1, 0.15) is 5.65 Å². The van der Waals surface area contributed by atoms with E-state index in [-0.39, 0.29) is 18.3 Å². The molecule has 0 aliphatic heterocycles. The smallest absolute Gasteiger partial charge is 0.396 e. The van der Waals surface area contributed by atoms with Crippen LogP contribution in [0, 0.1) is 0 Å². The molecule has 29 heavy (non-hydrogen) atoms. The number of hydrogen-bond acceptors (Lipinski definition) is 3. The fourth-order valence-electron chi connectivity index (χ4n) is 3.28. The molecule has 3 aromatic rings. The Bertz CT molecular complexity index is 997. The van der Waals surface area contributed by atoms with E-state index in [1.807, 2.05) is 13.8 Å². The first-order chi connectivity index (χ1) is 13.6. The molecule has 2 aromatic heterocycles. The molecule has 154 valence electrons. The highest BCUT2D eigenvalue weighted by molar-refractivity contribution is 6.06. The molecule has 0 aliphatic rings. The van der Waals surface area contributed by atoms with Crippen LogP contribution in [0.2, 0.25) is 0 Å². The molecule has 8 heteroatoms. The molecule has 0 radical (unpaired) electrons. The summed E-state index contributed by atoms with van der Waals surface area (Å²) >= 11 is 0. The Kier molecular flexibility index (Phi) is 5.66. The fraction of sp³-hybridized carbons (Fsp3) is 0.333. The Hall–Kier alpha value is -2.87. The molecule has 0 fully saturated rings. The van der Waals surface area contributed by atoms with Gasteiger partial charge in [0.05, 0.1) is 11.8 Å². The minimum absolute atomic E-state index is 0.0308. The van der Waals surface area contributed by atoms with Crippen LogP contribution in [-0.2, 0) is 6.18 Å². The maximum Gasteiger partial charge on any atom is 0.417 e. The standard InChI is InChI=1S/C21H22F3N3O2/c1-20(2,11-6-12-28)27(19(29)15-7-4-3-5-8-15)18-14-26-13-16(21(22,23)24)9-10-17(26)25-18/h3-5,7-10,13-14,28H,6,11-12H2,1-2H3. The number of anilines is 1. The van der Waals surface area contributed by atoms with Gasteiger partial charge in [-0.05, 0) is 51.0 Å². The number of alkyl halides is 3. The number of carbonyl (C=O) groups is 1. The normalized spacial score (nSPS) is 12.3. The lowest BCUT2D eigenvalue weighted by Gasteiger charge is -2.37. The summed E-state index contributed by atoms with van der Waals surface area (Å²) in [6, 6.07) is 10.9. The Balaban J connectivity index is 2.09. The first-order valence-electron chi connectivity index (χ1n) is 9.20. The summed E-state index contributed by atoms with van der Waals surface area (Å²) in [6.45, 7) is 3.65. The topological polar surface area (TPSA) is 57.8 Å². The third kappa shape index (κ3) is 4.42. The van der Waals surface area contributed by atoms with Crippen LogP contribution in [0.15, 0.2) is 54.9 Å². The number of imidazole rings is 1. The van der Waals surface area contributed by atoms with Gasteiger partial charge in [-0.2, -0.15) is 13.2 Å². The van der Waals surface area contributed by atoms with Gasteiger partial charge < -0.3 is 9.51 Å². The van der Waals surface area contributed by atoms with Crippen LogP contribution in [0.1, 0.15) is 42.6 Å². The first kappa shape index (κ1) is 20.9. The number of aliphatic hydroxyl groups is 1. The van der Waals surface area contributed by atoms with Crippen LogP contribution in [0.5, 0.6) is 0 Å². The minimum Gasteiger partial charge on any atom is -0.396 e. The molecule has 0 bridgehead atoms. The minimum atomic E-state index is -4.47. The van der Waals surface area contributed by atoms with Gasteiger partial charge in [-0.25, -0.2) is 4.98 Å². The summed E-state index contributed by atoms with van der Waals surface area (Å²) in [5.41, 5.74) is -0.774. The maximum atomic E-state index is 13.3. The summed E-state index contributed by atoms with van der Waals surface area (Å²) < 4.78 is 40.4. The maximum absolute atomic E-state index is 13.3. The van der Waals surface area contributed by atoms with Gasteiger partial charge in [-0.3, -0.25) is 9.69 Å². The van der Waals surface area contributed by atoms with Crippen molar-refractivity contribution in [3.05, 3.63) is 66.0 Å². The molecular weight excluding hydrogens is 383 g/mol. The van der Waals surface area contributed by atoms with E-state index in [9.17, 15) is 23.1 Å². The van der Waals surface area contributed by atoms with E-state index >= 15 is 0 Å². The SMILES string of the molecule is CC(C)(CCCO)N(C(=O)c1ccccc1)c1cn2cc(C(F)(F)F)ccc2n1. The first-order valence-corrected chi connectivity index (χ1v) is 9.20. The third-order valence-corrected chi connectivity index (χ3v) is 4.77. The Morgan fingerprint density at radius 3 is 2.41 bits per heavy atom. The molecule has 0 atom stereocenters.